The van der Waals surface area contributed by atoms with Gasteiger partial charge in [0, 0.05) is 17.5 Å². The fourth-order valence-electron chi connectivity index (χ4n) is 2.46. The molecule has 0 bridgehead atoms. The maximum Gasteiger partial charge on any atom is 0.322 e. The molecule has 2 amide bonds. The minimum Gasteiger partial charge on any atom is -0.495 e. The number of nitrogens with zero attached hydrogens (tertiary/aromatic N) is 1. The predicted octanol–water partition coefficient (Wildman–Crippen LogP) is 4.00. The zero-order valence-corrected chi connectivity index (χ0v) is 13.4. The van der Waals surface area contributed by atoms with Crippen LogP contribution in [-0.2, 0) is 6.42 Å². The first-order chi connectivity index (χ1) is 10.8. The second kappa shape index (κ2) is 6.83. The Bertz CT molecular complexity index is 623. The fraction of sp³-hybridized carbons (Fsp3) is 0.353. The highest BCUT2D eigenvalue weighted by molar-refractivity contribution is 7.09. The second-order valence-electron chi connectivity index (χ2n) is 5.38. The van der Waals surface area contributed by atoms with Crippen LogP contribution in [0.5, 0.6) is 5.75 Å². The molecular formula is C17H20N2O2S. The summed E-state index contributed by atoms with van der Waals surface area (Å²) in [6, 6.07) is 12.0. The first-order valence-corrected chi connectivity index (χ1v) is 8.39. The van der Waals surface area contributed by atoms with E-state index in [-0.39, 0.29) is 6.03 Å². The minimum atomic E-state index is -0.0384. The molecule has 0 spiro atoms. The van der Waals surface area contributed by atoms with Crippen molar-refractivity contribution in [3.8, 4) is 5.75 Å². The number of carbonyl (C=O) groups excluding carboxylic acids is 1. The molecule has 1 saturated carbocycles. The number of hydrogen-bond donors (Lipinski definition) is 1. The van der Waals surface area contributed by atoms with Gasteiger partial charge in [-0.25, -0.2) is 4.79 Å². The number of nitrogens with one attached hydrogen (secondary N) is 1. The molecular weight excluding hydrogens is 296 g/mol. The number of rotatable bonds is 6. The second-order valence-corrected chi connectivity index (χ2v) is 6.42. The van der Waals surface area contributed by atoms with E-state index in [4.69, 9.17) is 4.74 Å². The first-order valence-electron chi connectivity index (χ1n) is 7.51. The SMILES string of the molecule is COc1ccccc1NC(=O)N(CCc1cccs1)C1CC1. The maximum atomic E-state index is 12.6. The monoisotopic (exact) mass is 316 g/mol. The van der Waals surface area contributed by atoms with Gasteiger partial charge in [0.1, 0.15) is 5.75 Å². The molecule has 0 atom stereocenters. The Morgan fingerprint density at radius 1 is 1.32 bits per heavy atom. The summed E-state index contributed by atoms with van der Waals surface area (Å²) in [4.78, 5) is 15.9. The van der Waals surface area contributed by atoms with E-state index in [1.165, 1.54) is 4.88 Å². The van der Waals surface area contributed by atoms with Crippen molar-refractivity contribution in [2.75, 3.05) is 19.0 Å². The van der Waals surface area contributed by atoms with Gasteiger partial charge in [0.15, 0.2) is 0 Å². The van der Waals surface area contributed by atoms with E-state index in [0.717, 1.165) is 31.5 Å². The number of benzene rings is 1. The minimum absolute atomic E-state index is 0.0384. The molecule has 1 aromatic heterocycles. The normalized spacial score (nSPS) is 13.7. The third kappa shape index (κ3) is 3.60. The lowest BCUT2D eigenvalue weighted by molar-refractivity contribution is 0.209. The molecule has 1 aliphatic rings. The van der Waals surface area contributed by atoms with Gasteiger partial charge in [0.25, 0.3) is 0 Å². The molecule has 1 aromatic carbocycles. The van der Waals surface area contributed by atoms with Crippen molar-refractivity contribution in [3.63, 3.8) is 0 Å². The Hall–Kier alpha value is -2.01. The van der Waals surface area contributed by atoms with Crippen molar-refractivity contribution < 1.29 is 9.53 Å². The van der Waals surface area contributed by atoms with Crippen LogP contribution in [0.1, 0.15) is 17.7 Å². The van der Waals surface area contributed by atoms with E-state index >= 15 is 0 Å². The van der Waals surface area contributed by atoms with Gasteiger partial charge in [-0.15, -0.1) is 11.3 Å². The molecule has 0 aliphatic heterocycles. The summed E-state index contributed by atoms with van der Waals surface area (Å²) in [5.74, 6) is 0.685. The Labute approximate surface area is 134 Å². The number of thiophene rings is 1. The standard InChI is InChI=1S/C17H20N2O2S/c1-21-16-7-3-2-6-15(16)18-17(20)19(13-8-9-13)11-10-14-5-4-12-22-14/h2-7,12-13H,8-11H2,1H3,(H,18,20). The van der Waals surface area contributed by atoms with Crippen molar-refractivity contribution in [3.05, 3.63) is 46.7 Å². The van der Waals surface area contributed by atoms with E-state index in [9.17, 15) is 4.79 Å². The summed E-state index contributed by atoms with van der Waals surface area (Å²) in [7, 11) is 1.61. The molecule has 5 heteroatoms. The summed E-state index contributed by atoms with van der Waals surface area (Å²) in [6.07, 6.45) is 3.11. The van der Waals surface area contributed by atoms with Gasteiger partial charge in [-0.1, -0.05) is 18.2 Å². The van der Waals surface area contributed by atoms with E-state index in [2.05, 4.69) is 22.8 Å². The lowest BCUT2D eigenvalue weighted by atomic mass is 10.3. The third-order valence-corrected chi connectivity index (χ3v) is 4.71. The van der Waals surface area contributed by atoms with Crippen molar-refractivity contribution in [1.82, 2.24) is 4.90 Å². The van der Waals surface area contributed by atoms with Gasteiger partial charge in [0.05, 0.1) is 12.8 Å². The van der Waals surface area contributed by atoms with Crippen molar-refractivity contribution in [2.24, 2.45) is 0 Å². The third-order valence-electron chi connectivity index (χ3n) is 3.78. The van der Waals surface area contributed by atoms with E-state index in [1.807, 2.05) is 29.2 Å². The first kappa shape index (κ1) is 14.9. The summed E-state index contributed by atoms with van der Waals surface area (Å²) < 4.78 is 5.29. The van der Waals surface area contributed by atoms with Crippen LogP contribution < -0.4 is 10.1 Å². The molecule has 0 saturated heterocycles. The highest BCUT2D eigenvalue weighted by Gasteiger charge is 2.32. The van der Waals surface area contributed by atoms with Gasteiger partial charge < -0.3 is 15.0 Å². The molecule has 1 aliphatic carbocycles. The van der Waals surface area contributed by atoms with Crippen LogP contribution in [0, 0.1) is 0 Å². The van der Waals surface area contributed by atoms with Gasteiger partial charge in [0.2, 0.25) is 0 Å². The number of anilines is 1. The van der Waals surface area contributed by atoms with Crippen molar-refractivity contribution in [2.45, 2.75) is 25.3 Å². The fourth-order valence-corrected chi connectivity index (χ4v) is 3.15. The van der Waals surface area contributed by atoms with Crippen molar-refractivity contribution >= 4 is 23.1 Å². The quantitative estimate of drug-likeness (QED) is 0.875. The maximum absolute atomic E-state index is 12.6. The van der Waals surface area contributed by atoms with Crippen molar-refractivity contribution in [1.29, 1.82) is 0 Å². The molecule has 3 rings (SSSR count). The summed E-state index contributed by atoms with van der Waals surface area (Å²) >= 11 is 1.74. The summed E-state index contributed by atoms with van der Waals surface area (Å²) in [6.45, 7) is 0.756. The highest BCUT2D eigenvalue weighted by Crippen LogP contribution is 2.29. The largest absolute Gasteiger partial charge is 0.495 e. The lowest BCUT2D eigenvalue weighted by Gasteiger charge is -2.23. The number of methoxy groups -OCH3 is 1. The highest BCUT2D eigenvalue weighted by atomic mass is 32.1. The smallest absolute Gasteiger partial charge is 0.322 e. The van der Waals surface area contributed by atoms with Gasteiger partial charge >= 0.3 is 6.03 Å². The Morgan fingerprint density at radius 2 is 2.14 bits per heavy atom. The molecule has 2 aromatic rings. The molecule has 22 heavy (non-hydrogen) atoms. The van der Waals surface area contributed by atoms with Crippen LogP contribution in [0.25, 0.3) is 0 Å². The Balaban J connectivity index is 1.65. The summed E-state index contributed by atoms with van der Waals surface area (Å²) in [5, 5.41) is 5.05. The number of amides is 2. The van der Waals surface area contributed by atoms with Crippen LogP contribution in [0.15, 0.2) is 41.8 Å². The van der Waals surface area contributed by atoms with Gasteiger partial charge in [-0.2, -0.15) is 0 Å². The molecule has 1 N–H and O–H groups in total. The Kier molecular flexibility index (Phi) is 4.63. The predicted molar refractivity (Wildman–Crippen MR) is 89.8 cm³/mol. The number of carbonyl (C=O) groups is 1. The average Bonchev–Trinajstić information content (AvgIpc) is 3.23. The molecule has 1 fully saturated rings. The Morgan fingerprint density at radius 3 is 2.82 bits per heavy atom. The molecule has 0 unspecified atom stereocenters. The number of hydrogen-bond acceptors (Lipinski definition) is 3. The lowest BCUT2D eigenvalue weighted by Crippen LogP contribution is -2.38. The zero-order chi connectivity index (χ0) is 15.4. The van der Waals surface area contributed by atoms with Crippen LogP contribution in [-0.4, -0.2) is 30.6 Å². The summed E-state index contributed by atoms with van der Waals surface area (Å²) in [5.41, 5.74) is 0.719. The zero-order valence-electron chi connectivity index (χ0n) is 12.6. The van der Waals surface area contributed by atoms with Crippen LogP contribution in [0.4, 0.5) is 10.5 Å². The molecule has 1 heterocycles. The number of para-hydroxylation sites is 2. The molecule has 116 valence electrons. The topological polar surface area (TPSA) is 41.6 Å². The van der Waals surface area contributed by atoms with Crippen LogP contribution >= 0.6 is 11.3 Å². The number of urea groups is 1. The van der Waals surface area contributed by atoms with E-state index in [1.54, 1.807) is 18.4 Å². The molecule has 4 nitrogen and oxygen atoms in total. The molecule has 0 radical (unpaired) electrons. The van der Waals surface area contributed by atoms with Crippen LogP contribution in [0.3, 0.4) is 0 Å². The number of ether oxygens (including phenoxy) is 1. The van der Waals surface area contributed by atoms with E-state index in [0.29, 0.717) is 11.8 Å². The van der Waals surface area contributed by atoms with Crippen LogP contribution in [0.2, 0.25) is 0 Å². The average molecular weight is 316 g/mol. The van der Waals surface area contributed by atoms with Gasteiger partial charge in [-0.05, 0) is 42.8 Å². The van der Waals surface area contributed by atoms with Gasteiger partial charge in [-0.3, -0.25) is 0 Å². The van der Waals surface area contributed by atoms with E-state index < -0.39 is 0 Å².